The number of aromatic nitrogens is 4. The fourth-order valence-electron chi connectivity index (χ4n) is 6.85. The number of likely N-dealkylation sites (N-methyl/N-ethyl adjacent to an activating group) is 1. The van der Waals surface area contributed by atoms with Crippen LogP contribution in [0.4, 0.5) is 10.2 Å². The van der Waals surface area contributed by atoms with Crippen LogP contribution in [-0.4, -0.2) is 81.0 Å². The van der Waals surface area contributed by atoms with E-state index in [1.807, 2.05) is 38.4 Å². The van der Waals surface area contributed by atoms with Crippen molar-refractivity contribution < 1.29 is 9.18 Å². The van der Waals surface area contributed by atoms with Gasteiger partial charge in [-0.05, 0) is 56.8 Å². The zero-order valence-corrected chi connectivity index (χ0v) is 25.9. The molecule has 2 fully saturated rings. The van der Waals surface area contributed by atoms with Crippen LogP contribution >= 0.6 is 11.6 Å². The molecule has 2 aliphatic rings. The lowest BCUT2D eigenvalue weighted by molar-refractivity contribution is -0.130. The van der Waals surface area contributed by atoms with Gasteiger partial charge in [-0.2, -0.15) is 5.26 Å². The Morgan fingerprint density at radius 3 is 2.76 bits per heavy atom. The van der Waals surface area contributed by atoms with Crippen molar-refractivity contribution in [2.24, 2.45) is 0 Å². The Morgan fingerprint density at radius 1 is 1.20 bits per heavy atom. The molecule has 5 aromatic rings. The molecule has 9 nitrogen and oxygen atoms in total. The summed E-state index contributed by atoms with van der Waals surface area (Å²) in [7, 11) is 4.10. The summed E-state index contributed by atoms with van der Waals surface area (Å²) < 4.78 is 19.0. The quantitative estimate of drug-likeness (QED) is 0.215. The van der Waals surface area contributed by atoms with E-state index in [-0.39, 0.29) is 40.5 Å². The first kappa shape index (κ1) is 29.1. The number of piperidine rings is 1. The Bertz CT molecular complexity index is 2020. The molecule has 228 valence electrons. The molecule has 5 heterocycles. The maximum Gasteiger partial charge on any atom is 0.246 e. The predicted molar refractivity (Wildman–Crippen MR) is 175 cm³/mol. The van der Waals surface area contributed by atoms with Gasteiger partial charge in [0.1, 0.15) is 11.0 Å². The highest BCUT2D eigenvalue weighted by Crippen LogP contribution is 2.43. The van der Waals surface area contributed by atoms with E-state index in [9.17, 15) is 10.1 Å². The number of nitriles is 1. The normalized spacial score (nSPS) is 18.9. The molecule has 0 aliphatic carbocycles. The van der Waals surface area contributed by atoms with Crippen molar-refractivity contribution >= 4 is 56.2 Å². The van der Waals surface area contributed by atoms with Crippen molar-refractivity contribution in [1.82, 2.24) is 29.3 Å². The number of carbonyl (C=O) groups is 1. The number of amides is 1. The molecule has 7 rings (SSSR count). The van der Waals surface area contributed by atoms with Gasteiger partial charge in [0, 0.05) is 60.3 Å². The Balaban J connectivity index is 1.43. The molecule has 2 aromatic carbocycles. The minimum absolute atomic E-state index is 0.0720. The molecule has 11 heteroatoms. The molecular weight excluding hydrogens is 591 g/mol. The molecule has 0 saturated carbocycles. The van der Waals surface area contributed by atoms with Gasteiger partial charge >= 0.3 is 0 Å². The fourth-order valence-corrected chi connectivity index (χ4v) is 7.14. The summed E-state index contributed by atoms with van der Waals surface area (Å²) in [5.74, 6) is -0.0449. The van der Waals surface area contributed by atoms with Crippen molar-refractivity contribution in [2.45, 2.75) is 37.4 Å². The number of anilines is 1. The van der Waals surface area contributed by atoms with Gasteiger partial charge in [-0.25, -0.2) is 14.4 Å². The number of rotatable bonds is 6. The number of pyridine rings is 2. The van der Waals surface area contributed by atoms with Crippen molar-refractivity contribution in [3.8, 4) is 17.2 Å². The summed E-state index contributed by atoms with van der Waals surface area (Å²) in [6, 6.07) is 13.4. The number of para-hydroxylation sites is 1. The number of hydrogen-bond donors (Lipinski definition) is 0. The summed E-state index contributed by atoms with van der Waals surface area (Å²) in [5, 5.41) is 11.2. The summed E-state index contributed by atoms with van der Waals surface area (Å²) in [4.78, 5) is 32.9. The van der Waals surface area contributed by atoms with Crippen molar-refractivity contribution in [2.75, 3.05) is 38.6 Å². The van der Waals surface area contributed by atoms with E-state index in [2.05, 4.69) is 32.0 Å². The minimum atomic E-state index is -0.497. The van der Waals surface area contributed by atoms with Gasteiger partial charge in [-0.15, -0.1) is 0 Å². The molecule has 3 aromatic heterocycles. The smallest absolute Gasteiger partial charge is 0.246 e. The molecule has 0 bridgehead atoms. The first-order valence-corrected chi connectivity index (χ1v) is 15.4. The zero-order chi connectivity index (χ0) is 31.4. The van der Waals surface area contributed by atoms with E-state index in [0.29, 0.717) is 47.7 Å². The SMILES string of the molecule is C=CC(=O)N1CCC(n2cnc3c(N4CC(N(C)C)C4)nc4c(F)c(-c5ccnc6ccccc56)c(Cl)cc4c32)CC1CC#N. The van der Waals surface area contributed by atoms with Crippen molar-refractivity contribution in [3.05, 3.63) is 72.4 Å². The Kier molecular flexibility index (Phi) is 7.38. The number of likely N-dealkylation sites (tertiary alicyclic amines) is 1. The first-order valence-electron chi connectivity index (χ1n) is 15.0. The van der Waals surface area contributed by atoms with Crippen LogP contribution in [0.15, 0.2) is 61.6 Å². The summed E-state index contributed by atoms with van der Waals surface area (Å²) in [6.45, 7) is 5.61. The molecule has 1 amide bonds. The average Bonchev–Trinajstić information content (AvgIpc) is 3.46. The van der Waals surface area contributed by atoms with E-state index >= 15 is 4.39 Å². The second-order valence-electron chi connectivity index (χ2n) is 12.1. The van der Waals surface area contributed by atoms with Crippen LogP contribution in [0.2, 0.25) is 5.02 Å². The third kappa shape index (κ3) is 4.78. The van der Waals surface area contributed by atoms with E-state index in [0.717, 1.165) is 29.5 Å². The topological polar surface area (TPSA) is 94.2 Å². The van der Waals surface area contributed by atoms with Gasteiger partial charge in [0.05, 0.1) is 34.9 Å². The van der Waals surface area contributed by atoms with Crippen molar-refractivity contribution in [1.29, 1.82) is 5.26 Å². The Morgan fingerprint density at radius 2 is 2.00 bits per heavy atom. The number of carbonyl (C=O) groups excluding carboxylic acids is 1. The maximum absolute atomic E-state index is 17.0. The molecule has 0 spiro atoms. The van der Waals surface area contributed by atoms with Crippen LogP contribution in [0.5, 0.6) is 0 Å². The molecule has 45 heavy (non-hydrogen) atoms. The van der Waals surface area contributed by atoms with E-state index in [1.165, 1.54) is 6.08 Å². The van der Waals surface area contributed by atoms with Crippen LogP contribution in [0.1, 0.15) is 25.3 Å². The van der Waals surface area contributed by atoms with E-state index < -0.39 is 5.82 Å². The second kappa shape index (κ2) is 11.4. The molecule has 2 saturated heterocycles. The highest BCUT2D eigenvalue weighted by Gasteiger charge is 2.35. The highest BCUT2D eigenvalue weighted by molar-refractivity contribution is 6.35. The fraction of sp³-hybridized carbons (Fsp3) is 0.324. The molecule has 0 N–H and O–H groups in total. The number of nitrogens with zero attached hydrogens (tertiary/aromatic N) is 8. The zero-order valence-electron chi connectivity index (χ0n) is 25.1. The minimum Gasteiger partial charge on any atom is -0.351 e. The van der Waals surface area contributed by atoms with E-state index in [1.54, 1.807) is 29.6 Å². The number of fused-ring (bicyclic) bond motifs is 4. The molecule has 2 unspecified atom stereocenters. The average molecular weight is 623 g/mol. The highest BCUT2D eigenvalue weighted by atomic mass is 35.5. The lowest BCUT2D eigenvalue weighted by Gasteiger charge is -2.43. The van der Waals surface area contributed by atoms with Gasteiger partial charge in [0.2, 0.25) is 5.91 Å². The molecule has 2 aliphatic heterocycles. The molecule has 2 atom stereocenters. The van der Waals surface area contributed by atoms with Gasteiger partial charge < -0.3 is 19.3 Å². The Hall–Kier alpha value is -4.59. The van der Waals surface area contributed by atoms with Crippen LogP contribution in [0.3, 0.4) is 0 Å². The van der Waals surface area contributed by atoms with Crippen LogP contribution < -0.4 is 4.90 Å². The van der Waals surface area contributed by atoms with Crippen LogP contribution in [-0.2, 0) is 4.79 Å². The second-order valence-corrected chi connectivity index (χ2v) is 12.5. The van der Waals surface area contributed by atoms with Crippen LogP contribution in [0, 0.1) is 17.1 Å². The summed E-state index contributed by atoms with van der Waals surface area (Å²) >= 11 is 6.95. The number of hydrogen-bond acceptors (Lipinski definition) is 7. The monoisotopic (exact) mass is 622 g/mol. The van der Waals surface area contributed by atoms with Crippen LogP contribution in [0.25, 0.3) is 44.0 Å². The van der Waals surface area contributed by atoms with Gasteiger partial charge in [0.15, 0.2) is 11.6 Å². The Labute approximate surface area is 265 Å². The summed E-state index contributed by atoms with van der Waals surface area (Å²) in [6.07, 6.45) is 6.16. The number of imidazole rings is 1. The van der Waals surface area contributed by atoms with Gasteiger partial charge in [-0.3, -0.25) is 9.78 Å². The largest absolute Gasteiger partial charge is 0.351 e. The predicted octanol–water partition coefficient (Wildman–Crippen LogP) is 5.97. The van der Waals surface area contributed by atoms with Gasteiger partial charge in [-0.1, -0.05) is 36.4 Å². The number of benzene rings is 2. The standard InChI is InChI=1S/C34H32ClFN8O/c1-4-28(45)43-14-11-21(15-20(43)9-12-37)44-19-39-32-33(44)25-16-26(35)29(24-10-13-38-27-8-6-5-7-23(24)27)30(36)31(25)40-34(32)42-17-22(18-42)41(2)3/h4-8,10,13,16,19-22H,1,9,11,14-15,17-18H2,2-3H3. The van der Waals surface area contributed by atoms with Crippen molar-refractivity contribution in [3.63, 3.8) is 0 Å². The van der Waals surface area contributed by atoms with E-state index in [4.69, 9.17) is 21.6 Å². The first-order chi connectivity index (χ1) is 21.8. The number of halogens is 2. The molecule has 0 radical (unpaired) electrons. The lowest BCUT2D eigenvalue weighted by Crippen LogP contribution is -2.57. The lowest BCUT2D eigenvalue weighted by atomic mass is 9.94. The third-order valence-corrected chi connectivity index (χ3v) is 9.65. The van der Waals surface area contributed by atoms with Gasteiger partial charge in [0.25, 0.3) is 0 Å². The maximum atomic E-state index is 17.0. The molecular formula is C34H32ClFN8O. The third-order valence-electron chi connectivity index (χ3n) is 9.35. The summed E-state index contributed by atoms with van der Waals surface area (Å²) in [5.41, 5.74) is 3.33.